The molecule has 1 N–H and O–H groups in total. The summed E-state index contributed by atoms with van der Waals surface area (Å²) in [6, 6.07) is 12.7. The maximum absolute atomic E-state index is 11.7. The first-order valence-corrected chi connectivity index (χ1v) is 7.68. The van der Waals surface area contributed by atoms with E-state index in [0.717, 1.165) is 15.6 Å². The zero-order valence-corrected chi connectivity index (χ0v) is 14.2. The highest BCUT2D eigenvalue weighted by Gasteiger charge is 2.04. The predicted octanol–water partition coefficient (Wildman–Crippen LogP) is 3.94. The molecule has 0 aliphatic heterocycles. The van der Waals surface area contributed by atoms with Crippen LogP contribution in [0.25, 0.3) is 0 Å². The van der Waals surface area contributed by atoms with Gasteiger partial charge in [-0.25, -0.2) is 5.43 Å². The number of nitrogens with zero attached hydrogens (tertiary/aromatic N) is 1. The first-order valence-electron chi connectivity index (χ1n) is 6.51. The Balaban J connectivity index is 1.81. The van der Waals surface area contributed by atoms with E-state index in [0.29, 0.717) is 10.8 Å². The molecule has 0 unspecified atom stereocenters. The zero-order chi connectivity index (χ0) is 15.9. The zero-order valence-electron chi connectivity index (χ0n) is 11.8. The number of hydrazone groups is 1. The van der Waals surface area contributed by atoms with E-state index in [1.807, 2.05) is 25.1 Å². The number of carbonyl (C=O) groups is 1. The third kappa shape index (κ3) is 5.16. The first kappa shape index (κ1) is 16.5. The summed E-state index contributed by atoms with van der Waals surface area (Å²) in [6.45, 7) is 1.82. The highest BCUT2D eigenvalue weighted by molar-refractivity contribution is 9.10. The molecule has 0 saturated heterocycles. The van der Waals surface area contributed by atoms with Gasteiger partial charge in [-0.2, -0.15) is 5.10 Å². The molecule has 2 rings (SSSR count). The number of rotatable bonds is 5. The fourth-order valence-electron chi connectivity index (χ4n) is 1.68. The Bertz CT molecular complexity index is 687. The topological polar surface area (TPSA) is 50.7 Å². The molecular weight excluding hydrogens is 368 g/mol. The molecule has 0 aromatic heterocycles. The molecule has 0 spiro atoms. The summed E-state index contributed by atoms with van der Waals surface area (Å²) in [5, 5.41) is 4.52. The van der Waals surface area contributed by atoms with Crippen LogP contribution in [0.2, 0.25) is 5.02 Å². The maximum Gasteiger partial charge on any atom is 0.277 e. The van der Waals surface area contributed by atoms with Gasteiger partial charge in [0.15, 0.2) is 6.61 Å². The van der Waals surface area contributed by atoms with Crippen LogP contribution >= 0.6 is 27.5 Å². The molecule has 2 aromatic rings. The van der Waals surface area contributed by atoms with Crippen LogP contribution in [-0.4, -0.2) is 18.7 Å². The monoisotopic (exact) mass is 380 g/mol. The standard InChI is InChI=1S/C16H14BrClN2O2/c1-11-8-13(17)4-7-15(11)22-10-16(21)20-19-9-12-2-5-14(18)6-3-12/h2-9H,10H2,1H3,(H,20,21)/b19-9+. The van der Waals surface area contributed by atoms with Crippen molar-refractivity contribution in [2.24, 2.45) is 5.10 Å². The lowest BCUT2D eigenvalue weighted by molar-refractivity contribution is -0.123. The number of hydrogen-bond acceptors (Lipinski definition) is 3. The van der Waals surface area contributed by atoms with E-state index in [2.05, 4.69) is 26.5 Å². The lowest BCUT2D eigenvalue weighted by Gasteiger charge is -2.08. The van der Waals surface area contributed by atoms with E-state index in [1.165, 1.54) is 0 Å². The number of carbonyl (C=O) groups excluding carboxylic acids is 1. The Morgan fingerprint density at radius 2 is 2.05 bits per heavy atom. The normalized spacial score (nSPS) is 10.7. The Hall–Kier alpha value is -1.85. The Morgan fingerprint density at radius 3 is 2.73 bits per heavy atom. The van der Waals surface area contributed by atoms with Gasteiger partial charge in [0, 0.05) is 9.50 Å². The van der Waals surface area contributed by atoms with Crippen molar-refractivity contribution in [1.82, 2.24) is 5.43 Å². The Kier molecular flexibility index (Phi) is 5.98. The van der Waals surface area contributed by atoms with Crippen molar-refractivity contribution < 1.29 is 9.53 Å². The fourth-order valence-corrected chi connectivity index (χ4v) is 2.28. The number of amides is 1. The fraction of sp³-hybridized carbons (Fsp3) is 0.125. The molecule has 6 heteroatoms. The van der Waals surface area contributed by atoms with Crippen molar-refractivity contribution in [3.8, 4) is 5.75 Å². The number of aryl methyl sites for hydroxylation is 1. The minimum absolute atomic E-state index is 0.0968. The van der Waals surface area contributed by atoms with Crippen LogP contribution in [0.5, 0.6) is 5.75 Å². The second-order valence-corrected chi connectivity index (χ2v) is 5.90. The molecular formula is C16H14BrClN2O2. The average molecular weight is 382 g/mol. The van der Waals surface area contributed by atoms with Gasteiger partial charge >= 0.3 is 0 Å². The second kappa shape index (κ2) is 7.96. The van der Waals surface area contributed by atoms with Gasteiger partial charge < -0.3 is 4.74 Å². The minimum Gasteiger partial charge on any atom is -0.483 e. The molecule has 4 nitrogen and oxygen atoms in total. The molecule has 0 aliphatic rings. The van der Waals surface area contributed by atoms with E-state index in [9.17, 15) is 4.79 Å². The van der Waals surface area contributed by atoms with Crippen LogP contribution in [0, 0.1) is 6.92 Å². The second-order valence-electron chi connectivity index (χ2n) is 4.54. The van der Waals surface area contributed by atoms with E-state index in [1.54, 1.807) is 30.5 Å². The predicted molar refractivity (Wildman–Crippen MR) is 91.6 cm³/mol. The molecule has 0 saturated carbocycles. The third-order valence-electron chi connectivity index (χ3n) is 2.77. The van der Waals surface area contributed by atoms with Crippen molar-refractivity contribution >= 4 is 39.7 Å². The van der Waals surface area contributed by atoms with E-state index in [-0.39, 0.29) is 12.5 Å². The Morgan fingerprint density at radius 1 is 1.32 bits per heavy atom. The summed E-state index contributed by atoms with van der Waals surface area (Å²) in [7, 11) is 0. The lowest BCUT2D eigenvalue weighted by atomic mass is 10.2. The number of halogens is 2. The van der Waals surface area contributed by atoms with Crippen LogP contribution in [-0.2, 0) is 4.79 Å². The average Bonchev–Trinajstić information content (AvgIpc) is 2.48. The minimum atomic E-state index is -0.326. The van der Waals surface area contributed by atoms with Gasteiger partial charge in [0.05, 0.1) is 6.21 Å². The van der Waals surface area contributed by atoms with E-state index >= 15 is 0 Å². The van der Waals surface area contributed by atoms with Crippen LogP contribution in [0.1, 0.15) is 11.1 Å². The lowest BCUT2D eigenvalue weighted by Crippen LogP contribution is -2.24. The van der Waals surface area contributed by atoms with Crippen molar-refractivity contribution in [3.63, 3.8) is 0 Å². The van der Waals surface area contributed by atoms with E-state index in [4.69, 9.17) is 16.3 Å². The summed E-state index contributed by atoms with van der Waals surface area (Å²) in [5.41, 5.74) is 4.20. The molecule has 114 valence electrons. The van der Waals surface area contributed by atoms with E-state index < -0.39 is 0 Å². The highest BCUT2D eigenvalue weighted by atomic mass is 79.9. The summed E-state index contributed by atoms with van der Waals surface area (Å²) in [5.74, 6) is 0.340. The van der Waals surface area contributed by atoms with Gasteiger partial charge in [-0.15, -0.1) is 0 Å². The van der Waals surface area contributed by atoms with Gasteiger partial charge in [-0.1, -0.05) is 39.7 Å². The number of hydrogen-bond donors (Lipinski definition) is 1. The van der Waals surface area contributed by atoms with Crippen LogP contribution in [0.4, 0.5) is 0 Å². The van der Waals surface area contributed by atoms with Crippen LogP contribution in [0.3, 0.4) is 0 Å². The van der Waals surface area contributed by atoms with Crippen LogP contribution < -0.4 is 10.2 Å². The summed E-state index contributed by atoms with van der Waals surface area (Å²) >= 11 is 9.16. The number of benzene rings is 2. The number of nitrogens with one attached hydrogen (secondary N) is 1. The first-order chi connectivity index (χ1) is 10.5. The molecule has 0 bridgehead atoms. The highest BCUT2D eigenvalue weighted by Crippen LogP contribution is 2.21. The van der Waals surface area contributed by atoms with Crippen molar-refractivity contribution in [3.05, 3.63) is 63.1 Å². The van der Waals surface area contributed by atoms with Gasteiger partial charge in [-0.3, -0.25) is 4.79 Å². The molecule has 0 heterocycles. The maximum atomic E-state index is 11.7. The smallest absolute Gasteiger partial charge is 0.277 e. The summed E-state index contributed by atoms with van der Waals surface area (Å²) in [6.07, 6.45) is 1.54. The quantitative estimate of drug-likeness (QED) is 0.630. The Labute approximate surface area is 142 Å². The van der Waals surface area contributed by atoms with Crippen LogP contribution in [0.15, 0.2) is 52.0 Å². The molecule has 0 aliphatic carbocycles. The molecule has 22 heavy (non-hydrogen) atoms. The van der Waals surface area contributed by atoms with Gasteiger partial charge in [0.25, 0.3) is 5.91 Å². The molecule has 0 atom stereocenters. The van der Waals surface area contributed by atoms with Gasteiger partial charge in [-0.05, 0) is 48.4 Å². The third-order valence-corrected chi connectivity index (χ3v) is 3.51. The van der Waals surface area contributed by atoms with Gasteiger partial charge in [0.2, 0.25) is 0 Å². The molecule has 2 aromatic carbocycles. The number of ether oxygens (including phenoxy) is 1. The van der Waals surface area contributed by atoms with Crippen molar-refractivity contribution in [1.29, 1.82) is 0 Å². The summed E-state index contributed by atoms with van der Waals surface area (Å²) < 4.78 is 6.41. The molecule has 0 radical (unpaired) electrons. The largest absolute Gasteiger partial charge is 0.483 e. The molecule has 0 fully saturated rings. The van der Waals surface area contributed by atoms with Crippen molar-refractivity contribution in [2.45, 2.75) is 6.92 Å². The SMILES string of the molecule is Cc1cc(Br)ccc1OCC(=O)N/N=C/c1ccc(Cl)cc1. The van der Waals surface area contributed by atoms with Crippen molar-refractivity contribution in [2.75, 3.05) is 6.61 Å². The molecule has 1 amide bonds. The van der Waals surface area contributed by atoms with Gasteiger partial charge in [0.1, 0.15) is 5.75 Å². The summed E-state index contributed by atoms with van der Waals surface area (Å²) in [4.78, 5) is 11.7.